The van der Waals surface area contributed by atoms with E-state index in [0.717, 1.165) is 16.3 Å². The van der Waals surface area contributed by atoms with E-state index in [2.05, 4.69) is 31.3 Å². The number of hydrogen-bond donors (Lipinski definition) is 1. The molecule has 0 bridgehead atoms. The first-order valence-electron chi connectivity index (χ1n) is 16.6. The second kappa shape index (κ2) is 17.0. The molecule has 53 heavy (non-hydrogen) atoms. The third-order valence-corrected chi connectivity index (χ3v) is 8.24. The SMILES string of the molecule is Clc1ncnc2cc3c(cc12)OCCOCCO3.N#Cc1cc(Nc2ncnc3cc4c(cc23)OCCOCCO4)ccc1OCc1cccc(F)c1. The van der Waals surface area contributed by atoms with Gasteiger partial charge in [-0.3, -0.25) is 0 Å². The molecule has 0 saturated heterocycles. The maximum absolute atomic E-state index is 13.4. The molecule has 1 N–H and O–H groups in total. The van der Waals surface area contributed by atoms with Crippen molar-refractivity contribution in [2.75, 3.05) is 58.2 Å². The minimum absolute atomic E-state index is 0.147. The lowest BCUT2D eigenvalue weighted by molar-refractivity contribution is 0.0877. The van der Waals surface area contributed by atoms with Gasteiger partial charge in [-0.15, -0.1) is 0 Å². The summed E-state index contributed by atoms with van der Waals surface area (Å²) >= 11 is 6.03. The fourth-order valence-corrected chi connectivity index (χ4v) is 5.63. The molecule has 0 radical (unpaired) electrons. The molecule has 0 aliphatic carbocycles. The Balaban J connectivity index is 0.000000202. The third kappa shape index (κ3) is 8.90. The van der Waals surface area contributed by atoms with Crippen LogP contribution < -0.4 is 29.0 Å². The van der Waals surface area contributed by atoms with Gasteiger partial charge in [-0.25, -0.2) is 24.3 Å². The summed E-state index contributed by atoms with van der Waals surface area (Å²) in [5.41, 5.74) is 3.07. The monoisotopic (exact) mass is 738 g/mol. The lowest BCUT2D eigenvalue weighted by Crippen LogP contribution is -2.08. The number of nitriles is 1. The minimum Gasteiger partial charge on any atom is -0.488 e. The summed E-state index contributed by atoms with van der Waals surface area (Å²) < 4.78 is 52.7. The van der Waals surface area contributed by atoms with Crippen LogP contribution in [0.5, 0.6) is 28.7 Å². The number of fused-ring (bicyclic) bond motifs is 4. The fraction of sp³-hybridized carbons (Fsp3) is 0.237. The molecule has 2 aromatic heterocycles. The first-order chi connectivity index (χ1) is 26.0. The number of nitrogens with one attached hydrogen (secondary N) is 1. The highest BCUT2D eigenvalue weighted by Crippen LogP contribution is 2.36. The molecule has 13 nitrogen and oxygen atoms in total. The van der Waals surface area contributed by atoms with E-state index < -0.39 is 0 Å². The molecule has 4 aromatic carbocycles. The largest absolute Gasteiger partial charge is 0.488 e. The molecular weight excluding hydrogens is 707 g/mol. The van der Waals surface area contributed by atoms with Gasteiger partial charge in [-0.2, -0.15) is 5.26 Å². The number of ether oxygens (including phenoxy) is 7. The zero-order valence-electron chi connectivity index (χ0n) is 28.2. The van der Waals surface area contributed by atoms with Gasteiger partial charge in [-0.05, 0) is 48.0 Å². The Bertz CT molecular complexity index is 2270. The molecule has 2 aliphatic rings. The summed E-state index contributed by atoms with van der Waals surface area (Å²) in [4.78, 5) is 16.9. The number of nitrogens with zero attached hydrogens (tertiary/aromatic N) is 5. The molecule has 6 aromatic rings. The van der Waals surface area contributed by atoms with Gasteiger partial charge in [0.2, 0.25) is 0 Å². The molecule has 0 fully saturated rings. The third-order valence-electron chi connectivity index (χ3n) is 7.94. The molecule has 0 spiro atoms. The van der Waals surface area contributed by atoms with E-state index >= 15 is 0 Å². The van der Waals surface area contributed by atoms with Gasteiger partial charge in [0.1, 0.15) is 74.3 Å². The highest BCUT2D eigenvalue weighted by Gasteiger charge is 2.16. The van der Waals surface area contributed by atoms with Gasteiger partial charge in [-0.1, -0.05) is 23.7 Å². The lowest BCUT2D eigenvalue weighted by atomic mass is 10.1. The van der Waals surface area contributed by atoms with Crippen LogP contribution in [-0.4, -0.2) is 72.8 Å². The summed E-state index contributed by atoms with van der Waals surface area (Å²) in [6.07, 6.45) is 2.88. The molecule has 0 amide bonds. The fourth-order valence-electron chi connectivity index (χ4n) is 5.44. The van der Waals surface area contributed by atoms with Crippen LogP contribution in [0.1, 0.15) is 11.1 Å². The molecule has 15 heteroatoms. The number of aromatic nitrogens is 4. The van der Waals surface area contributed by atoms with Crippen molar-refractivity contribution in [3.8, 4) is 34.8 Å². The second-order valence-electron chi connectivity index (χ2n) is 11.5. The maximum atomic E-state index is 13.4. The number of benzene rings is 4. The topological polar surface area (TPSA) is 152 Å². The van der Waals surface area contributed by atoms with Crippen LogP contribution >= 0.6 is 11.6 Å². The van der Waals surface area contributed by atoms with E-state index in [4.69, 9.17) is 44.8 Å². The zero-order chi connectivity index (χ0) is 36.4. The lowest BCUT2D eigenvalue weighted by Gasteiger charge is -2.14. The van der Waals surface area contributed by atoms with E-state index in [9.17, 15) is 9.65 Å². The molecule has 8 rings (SSSR count). The van der Waals surface area contributed by atoms with Crippen molar-refractivity contribution in [2.45, 2.75) is 6.61 Å². The summed E-state index contributed by atoms with van der Waals surface area (Å²) in [5, 5.41) is 14.8. The zero-order valence-corrected chi connectivity index (χ0v) is 29.0. The van der Waals surface area contributed by atoms with Crippen molar-refractivity contribution in [3.63, 3.8) is 0 Å². The van der Waals surface area contributed by atoms with Crippen molar-refractivity contribution in [2.24, 2.45) is 0 Å². The Morgan fingerprint density at radius 3 is 1.94 bits per heavy atom. The average molecular weight is 739 g/mol. The normalized spacial score (nSPS) is 14.1. The van der Waals surface area contributed by atoms with Crippen LogP contribution in [0.25, 0.3) is 21.8 Å². The van der Waals surface area contributed by atoms with Gasteiger partial charge >= 0.3 is 0 Å². The summed E-state index contributed by atoms with van der Waals surface area (Å²) in [5.74, 6) is 3.10. The van der Waals surface area contributed by atoms with Crippen LogP contribution in [0.2, 0.25) is 5.15 Å². The van der Waals surface area contributed by atoms with Gasteiger partial charge in [0.05, 0.1) is 43.0 Å². The molecule has 4 heterocycles. The second-order valence-corrected chi connectivity index (χ2v) is 11.9. The van der Waals surface area contributed by atoms with Crippen molar-refractivity contribution < 1.29 is 37.5 Å². The molecule has 0 saturated carbocycles. The molecule has 0 unspecified atom stereocenters. The van der Waals surface area contributed by atoms with Crippen LogP contribution in [-0.2, 0) is 16.1 Å². The van der Waals surface area contributed by atoms with Crippen LogP contribution in [0, 0.1) is 17.1 Å². The van der Waals surface area contributed by atoms with Gasteiger partial charge in [0, 0.05) is 28.6 Å². The van der Waals surface area contributed by atoms with Crippen molar-refractivity contribution in [1.29, 1.82) is 5.26 Å². The molecular formula is C38H32ClFN6O7. The number of anilines is 2. The number of halogens is 2. The van der Waals surface area contributed by atoms with Gasteiger partial charge < -0.3 is 38.5 Å². The van der Waals surface area contributed by atoms with Crippen molar-refractivity contribution in [3.05, 3.63) is 101 Å². The summed E-state index contributed by atoms with van der Waals surface area (Å²) in [6.45, 7) is 3.99. The van der Waals surface area contributed by atoms with Gasteiger partial charge in [0.15, 0.2) is 23.0 Å². The maximum Gasteiger partial charge on any atom is 0.163 e. The predicted molar refractivity (Wildman–Crippen MR) is 193 cm³/mol. The van der Waals surface area contributed by atoms with Crippen molar-refractivity contribution in [1.82, 2.24) is 19.9 Å². The number of hydrogen-bond acceptors (Lipinski definition) is 13. The van der Waals surface area contributed by atoms with E-state index in [-0.39, 0.29) is 12.4 Å². The Morgan fingerprint density at radius 2 is 1.30 bits per heavy atom. The van der Waals surface area contributed by atoms with Crippen LogP contribution in [0.4, 0.5) is 15.9 Å². The summed E-state index contributed by atoms with van der Waals surface area (Å²) in [7, 11) is 0. The standard InChI is InChI=1S/C26H21FN4O4.C12H11ClN2O3/c27-19-3-1-2-17(10-19)15-35-23-5-4-20(11-18(23)14-28)31-26-21-12-24-25(13-22(21)29-16-30-26)34-9-7-32-6-8-33-24;13-12-8-5-10-11(6-9(8)14-7-15-12)18-4-2-16-1-3-17-10/h1-5,10-13,16H,6-9,15H2,(H,29,30,31);5-7H,1-4H2. The van der Waals surface area contributed by atoms with Crippen LogP contribution in [0.3, 0.4) is 0 Å². The Morgan fingerprint density at radius 1 is 0.698 bits per heavy atom. The Labute approximate surface area is 308 Å². The number of rotatable bonds is 5. The minimum atomic E-state index is -0.337. The predicted octanol–water partition coefficient (Wildman–Crippen LogP) is 6.82. The van der Waals surface area contributed by atoms with Crippen LogP contribution in [0.15, 0.2) is 79.4 Å². The molecule has 270 valence electrons. The Hall–Kier alpha value is -6.01. The van der Waals surface area contributed by atoms with E-state index in [1.54, 1.807) is 36.4 Å². The van der Waals surface area contributed by atoms with E-state index in [0.29, 0.717) is 115 Å². The average Bonchev–Trinajstić information content (AvgIpc) is 3.36. The highest BCUT2D eigenvalue weighted by molar-refractivity contribution is 6.34. The first kappa shape index (κ1) is 35.4. The van der Waals surface area contributed by atoms with Crippen molar-refractivity contribution >= 4 is 44.9 Å². The molecule has 0 atom stereocenters. The summed E-state index contributed by atoms with van der Waals surface area (Å²) in [6, 6.07) is 20.7. The van der Waals surface area contributed by atoms with Gasteiger partial charge in [0.25, 0.3) is 0 Å². The Kier molecular flexibility index (Phi) is 11.4. The molecule has 2 aliphatic heterocycles. The smallest absolute Gasteiger partial charge is 0.163 e. The first-order valence-corrected chi connectivity index (χ1v) is 17.0. The van der Waals surface area contributed by atoms with E-state index in [1.807, 2.05) is 18.2 Å². The highest BCUT2D eigenvalue weighted by atomic mass is 35.5. The quantitative estimate of drug-likeness (QED) is 0.184. The van der Waals surface area contributed by atoms with E-state index in [1.165, 1.54) is 24.8 Å².